The number of ether oxygens (including phenoxy) is 1. The van der Waals surface area contributed by atoms with Gasteiger partial charge in [-0.05, 0) is 35.6 Å². The molecule has 1 aromatic carbocycles. The zero-order valence-corrected chi connectivity index (χ0v) is 9.34. The van der Waals surface area contributed by atoms with Crippen LogP contribution in [0.3, 0.4) is 0 Å². The fourth-order valence-corrected chi connectivity index (χ4v) is 2.49. The van der Waals surface area contributed by atoms with Crippen molar-refractivity contribution in [2.75, 3.05) is 7.11 Å². The summed E-state index contributed by atoms with van der Waals surface area (Å²) in [5.74, 6) is 1.09. The van der Waals surface area contributed by atoms with Crippen molar-refractivity contribution < 1.29 is 9.53 Å². The first-order chi connectivity index (χ1) is 7.28. The maximum atomic E-state index is 11.1. The fraction of sp³-hybridized carbons (Fsp3) is 0.250. The highest BCUT2D eigenvalue weighted by Crippen LogP contribution is 2.34. The third kappa shape index (κ3) is 2.63. The summed E-state index contributed by atoms with van der Waals surface area (Å²) in [4.78, 5) is 13.3. The maximum Gasteiger partial charge on any atom is 0.156 e. The zero-order chi connectivity index (χ0) is 10.7. The quantitative estimate of drug-likeness (QED) is 0.783. The van der Waals surface area contributed by atoms with E-state index in [-0.39, 0.29) is 5.78 Å². The first-order valence-corrected chi connectivity index (χ1v) is 5.65. The second-order valence-electron chi connectivity index (χ2n) is 3.36. The number of hydrogen-bond acceptors (Lipinski definition) is 3. The van der Waals surface area contributed by atoms with Crippen molar-refractivity contribution in [3.05, 3.63) is 35.2 Å². The van der Waals surface area contributed by atoms with Gasteiger partial charge in [0.1, 0.15) is 5.75 Å². The van der Waals surface area contributed by atoms with Gasteiger partial charge < -0.3 is 4.74 Å². The van der Waals surface area contributed by atoms with Gasteiger partial charge in [0.05, 0.1) is 7.11 Å². The van der Waals surface area contributed by atoms with E-state index in [0.717, 1.165) is 22.0 Å². The van der Waals surface area contributed by atoms with Crippen molar-refractivity contribution in [3.8, 4) is 5.75 Å². The summed E-state index contributed by atoms with van der Waals surface area (Å²) in [6.45, 7) is 0. The van der Waals surface area contributed by atoms with Crippen LogP contribution in [-0.2, 0) is 4.79 Å². The van der Waals surface area contributed by atoms with Crippen LogP contribution in [0.4, 0.5) is 0 Å². The third-order valence-electron chi connectivity index (χ3n) is 2.23. The molecular weight excluding hydrogens is 208 g/mol. The van der Waals surface area contributed by atoms with Gasteiger partial charge in [0, 0.05) is 11.3 Å². The molecule has 3 heteroatoms. The molecule has 1 aromatic rings. The molecule has 15 heavy (non-hydrogen) atoms. The molecule has 0 heterocycles. The summed E-state index contributed by atoms with van der Waals surface area (Å²) < 4.78 is 5.14. The molecule has 0 radical (unpaired) electrons. The van der Waals surface area contributed by atoms with E-state index < -0.39 is 0 Å². The first kappa shape index (κ1) is 10.3. The molecule has 0 spiro atoms. The van der Waals surface area contributed by atoms with Gasteiger partial charge >= 0.3 is 0 Å². The lowest BCUT2D eigenvalue weighted by Crippen LogP contribution is -1.82. The molecule has 2 rings (SSSR count). The van der Waals surface area contributed by atoms with Crippen LogP contribution in [0.2, 0.25) is 0 Å². The van der Waals surface area contributed by atoms with Crippen molar-refractivity contribution in [2.24, 2.45) is 0 Å². The Morgan fingerprint density at radius 1 is 1.33 bits per heavy atom. The average Bonchev–Trinajstić information content (AvgIpc) is 2.64. The number of carbonyl (C=O) groups excluding carboxylic acids is 1. The van der Waals surface area contributed by atoms with E-state index in [9.17, 15) is 4.79 Å². The van der Waals surface area contributed by atoms with Crippen molar-refractivity contribution in [1.29, 1.82) is 0 Å². The van der Waals surface area contributed by atoms with Crippen molar-refractivity contribution in [1.82, 2.24) is 0 Å². The normalized spacial score (nSPS) is 15.3. The maximum absolute atomic E-state index is 11.1. The van der Waals surface area contributed by atoms with Crippen LogP contribution in [0.5, 0.6) is 5.75 Å². The predicted octanol–water partition coefficient (Wildman–Crippen LogP) is 3.03. The molecule has 0 aromatic heterocycles. The van der Waals surface area contributed by atoms with Crippen molar-refractivity contribution in [2.45, 2.75) is 17.7 Å². The van der Waals surface area contributed by atoms with Gasteiger partial charge in [-0.15, -0.1) is 0 Å². The van der Waals surface area contributed by atoms with Crippen LogP contribution in [0, 0.1) is 0 Å². The molecule has 0 N–H and O–H groups in total. The molecule has 0 aliphatic heterocycles. The Balaban J connectivity index is 2.10. The lowest BCUT2D eigenvalue weighted by molar-refractivity contribution is -0.114. The van der Waals surface area contributed by atoms with Crippen molar-refractivity contribution in [3.63, 3.8) is 0 Å². The Labute approximate surface area is 93.3 Å². The highest BCUT2D eigenvalue weighted by atomic mass is 32.2. The number of carbonyl (C=O) groups is 1. The molecule has 0 fully saturated rings. The van der Waals surface area contributed by atoms with Crippen molar-refractivity contribution >= 4 is 17.5 Å². The highest BCUT2D eigenvalue weighted by molar-refractivity contribution is 8.03. The molecule has 0 amide bonds. The monoisotopic (exact) mass is 220 g/mol. The molecule has 2 nitrogen and oxygen atoms in total. The molecule has 0 saturated heterocycles. The van der Waals surface area contributed by atoms with Crippen LogP contribution in [0.25, 0.3) is 0 Å². The van der Waals surface area contributed by atoms with E-state index in [1.807, 2.05) is 24.3 Å². The lowest BCUT2D eigenvalue weighted by atomic mass is 10.3. The predicted molar refractivity (Wildman–Crippen MR) is 61.2 cm³/mol. The summed E-state index contributed by atoms with van der Waals surface area (Å²) in [7, 11) is 1.65. The number of rotatable bonds is 3. The standard InChI is InChI=1S/C12H12O2S/c1-14-10-3-2-4-11(8-10)15-12-6-5-9(13)7-12/h2-4,7-8H,5-6H2,1H3. The Bertz CT molecular complexity index is 410. The van der Waals surface area contributed by atoms with Crippen LogP contribution >= 0.6 is 11.8 Å². The van der Waals surface area contributed by atoms with Gasteiger partial charge in [-0.2, -0.15) is 0 Å². The Hall–Kier alpha value is -1.22. The largest absolute Gasteiger partial charge is 0.497 e. The second kappa shape index (κ2) is 4.53. The van der Waals surface area contributed by atoms with E-state index in [1.54, 1.807) is 24.9 Å². The number of hydrogen-bond donors (Lipinski definition) is 0. The molecule has 78 valence electrons. The highest BCUT2D eigenvalue weighted by Gasteiger charge is 2.12. The van der Waals surface area contributed by atoms with Crippen LogP contribution < -0.4 is 4.74 Å². The number of ketones is 1. The number of thioether (sulfide) groups is 1. The Morgan fingerprint density at radius 3 is 2.87 bits per heavy atom. The zero-order valence-electron chi connectivity index (χ0n) is 8.53. The molecule has 0 bridgehead atoms. The minimum atomic E-state index is 0.236. The van der Waals surface area contributed by atoms with Gasteiger partial charge in [0.2, 0.25) is 0 Å². The lowest BCUT2D eigenvalue weighted by Gasteiger charge is -2.04. The van der Waals surface area contributed by atoms with Crippen LogP contribution in [-0.4, -0.2) is 12.9 Å². The topological polar surface area (TPSA) is 26.3 Å². The van der Waals surface area contributed by atoms with Gasteiger partial charge in [0.15, 0.2) is 5.78 Å². The average molecular weight is 220 g/mol. The van der Waals surface area contributed by atoms with Crippen LogP contribution in [0.15, 0.2) is 40.1 Å². The third-order valence-corrected chi connectivity index (χ3v) is 3.30. The number of methoxy groups -OCH3 is 1. The Kier molecular flexibility index (Phi) is 3.11. The van der Waals surface area contributed by atoms with E-state index in [1.165, 1.54) is 0 Å². The minimum absolute atomic E-state index is 0.236. The van der Waals surface area contributed by atoms with Gasteiger partial charge in [-0.25, -0.2) is 0 Å². The Morgan fingerprint density at radius 2 is 2.20 bits per heavy atom. The van der Waals surface area contributed by atoms with Gasteiger partial charge in [-0.1, -0.05) is 17.8 Å². The summed E-state index contributed by atoms with van der Waals surface area (Å²) in [6, 6.07) is 7.88. The first-order valence-electron chi connectivity index (χ1n) is 4.83. The smallest absolute Gasteiger partial charge is 0.156 e. The molecule has 0 unspecified atom stereocenters. The summed E-state index contributed by atoms with van der Waals surface area (Å²) in [5, 5.41) is 0. The molecule has 0 atom stereocenters. The second-order valence-corrected chi connectivity index (χ2v) is 4.56. The molecule has 0 saturated carbocycles. The number of allylic oxidation sites excluding steroid dienone is 2. The molecule has 1 aliphatic carbocycles. The molecule has 1 aliphatic rings. The van der Waals surface area contributed by atoms with Crippen LogP contribution in [0.1, 0.15) is 12.8 Å². The molecular formula is C12H12O2S. The summed E-state index contributed by atoms with van der Waals surface area (Å²) in [5.41, 5.74) is 0. The fourth-order valence-electron chi connectivity index (χ4n) is 1.47. The van der Waals surface area contributed by atoms with E-state index in [4.69, 9.17) is 4.74 Å². The van der Waals surface area contributed by atoms with Gasteiger partial charge in [0.25, 0.3) is 0 Å². The summed E-state index contributed by atoms with van der Waals surface area (Å²) >= 11 is 1.64. The SMILES string of the molecule is COc1cccc(SC2=CC(=O)CC2)c1. The van der Waals surface area contributed by atoms with E-state index >= 15 is 0 Å². The van der Waals surface area contributed by atoms with E-state index in [2.05, 4.69) is 0 Å². The number of benzene rings is 1. The van der Waals surface area contributed by atoms with E-state index in [0.29, 0.717) is 6.42 Å². The van der Waals surface area contributed by atoms with Gasteiger partial charge in [-0.3, -0.25) is 4.79 Å². The minimum Gasteiger partial charge on any atom is -0.497 e. The summed E-state index contributed by atoms with van der Waals surface area (Å²) in [6.07, 6.45) is 3.27.